The van der Waals surface area contributed by atoms with E-state index in [0.29, 0.717) is 12.1 Å². The van der Waals surface area contributed by atoms with Gasteiger partial charge in [-0.25, -0.2) is 0 Å². The molecular weight excluding hydrogens is 190 g/mol. The first-order chi connectivity index (χ1) is 7.25. The van der Waals surface area contributed by atoms with Crippen LogP contribution in [0.25, 0.3) is 0 Å². The fraction of sp³-hybridized carbons (Fsp3) is 0.800. The molecule has 0 bridgehead atoms. The number of hydrogen-bond donors (Lipinski definition) is 1. The van der Waals surface area contributed by atoms with Gasteiger partial charge in [-0.1, -0.05) is 0 Å². The molecule has 1 aliphatic heterocycles. The van der Waals surface area contributed by atoms with E-state index in [4.69, 9.17) is 5.73 Å². The van der Waals surface area contributed by atoms with E-state index in [-0.39, 0.29) is 0 Å². The van der Waals surface area contributed by atoms with Gasteiger partial charge in [0.25, 0.3) is 0 Å². The first kappa shape index (κ1) is 10.6. The molecule has 2 N–H and O–H groups in total. The number of nitrogens with zero attached hydrogens (tertiary/aromatic N) is 4. The highest BCUT2D eigenvalue weighted by molar-refractivity contribution is 4.80. The van der Waals surface area contributed by atoms with Crippen molar-refractivity contribution in [1.82, 2.24) is 19.7 Å². The van der Waals surface area contributed by atoms with E-state index in [2.05, 4.69) is 22.0 Å². The second kappa shape index (κ2) is 4.72. The van der Waals surface area contributed by atoms with Crippen molar-refractivity contribution in [2.45, 2.75) is 38.4 Å². The van der Waals surface area contributed by atoms with Gasteiger partial charge in [0, 0.05) is 25.2 Å². The molecule has 0 amide bonds. The second-order valence-corrected chi connectivity index (χ2v) is 4.37. The lowest BCUT2D eigenvalue weighted by Gasteiger charge is -2.36. The smallest absolute Gasteiger partial charge is 0.119 e. The Labute approximate surface area is 90.3 Å². The van der Waals surface area contributed by atoms with Crippen molar-refractivity contribution in [3.8, 4) is 0 Å². The number of aromatic nitrogens is 3. The third-order valence-corrected chi connectivity index (χ3v) is 3.17. The van der Waals surface area contributed by atoms with Crippen LogP contribution in [0.2, 0.25) is 0 Å². The molecule has 0 aromatic carbocycles. The molecule has 15 heavy (non-hydrogen) atoms. The molecule has 84 valence electrons. The van der Waals surface area contributed by atoms with Gasteiger partial charge < -0.3 is 10.3 Å². The van der Waals surface area contributed by atoms with Gasteiger partial charge >= 0.3 is 0 Å². The predicted molar refractivity (Wildman–Crippen MR) is 58.3 cm³/mol. The average Bonchev–Trinajstić information content (AvgIpc) is 2.69. The summed E-state index contributed by atoms with van der Waals surface area (Å²) in [6, 6.07) is 0.997. The summed E-state index contributed by atoms with van der Waals surface area (Å²) in [5.74, 6) is 0. The summed E-state index contributed by atoms with van der Waals surface area (Å²) in [6.45, 7) is 5.40. The third-order valence-electron chi connectivity index (χ3n) is 3.17. The van der Waals surface area contributed by atoms with Gasteiger partial charge in [-0.3, -0.25) is 4.90 Å². The van der Waals surface area contributed by atoms with Gasteiger partial charge in [-0.2, -0.15) is 0 Å². The monoisotopic (exact) mass is 209 g/mol. The molecule has 1 saturated heterocycles. The summed E-state index contributed by atoms with van der Waals surface area (Å²) in [7, 11) is 0. The molecule has 2 rings (SSSR count). The maximum Gasteiger partial charge on any atom is 0.119 e. The Hall–Kier alpha value is -0.940. The highest BCUT2D eigenvalue weighted by atomic mass is 15.2. The van der Waals surface area contributed by atoms with E-state index in [1.807, 2.05) is 4.57 Å². The minimum Gasteiger partial charge on any atom is -0.328 e. The second-order valence-electron chi connectivity index (χ2n) is 4.37. The highest BCUT2D eigenvalue weighted by Gasteiger charge is 2.22. The Kier molecular flexibility index (Phi) is 3.33. The highest BCUT2D eigenvalue weighted by Crippen LogP contribution is 2.15. The molecule has 5 heteroatoms. The molecule has 5 nitrogen and oxygen atoms in total. The topological polar surface area (TPSA) is 60.0 Å². The van der Waals surface area contributed by atoms with E-state index >= 15 is 0 Å². The molecule has 0 unspecified atom stereocenters. The molecule has 2 atom stereocenters. The number of rotatable bonds is 3. The van der Waals surface area contributed by atoms with Gasteiger partial charge in [-0.15, -0.1) is 10.2 Å². The fourth-order valence-corrected chi connectivity index (χ4v) is 2.17. The Morgan fingerprint density at radius 3 is 2.73 bits per heavy atom. The Bertz CT molecular complexity index is 284. The van der Waals surface area contributed by atoms with Crippen molar-refractivity contribution in [2.75, 3.05) is 13.1 Å². The molecule has 0 spiro atoms. The zero-order chi connectivity index (χ0) is 10.7. The Balaban J connectivity index is 1.79. The van der Waals surface area contributed by atoms with Crippen LogP contribution in [0.5, 0.6) is 0 Å². The minimum atomic E-state index is 0.395. The SMILES string of the molecule is C[C@@H]1C[C@@H](N)CCN1CCn1cnnc1. The van der Waals surface area contributed by atoms with Crippen molar-refractivity contribution in [3.05, 3.63) is 12.7 Å². The lowest BCUT2D eigenvalue weighted by molar-refractivity contribution is 0.142. The molecule has 1 fully saturated rings. The molecule has 0 saturated carbocycles. The number of piperidine rings is 1. The fourth-order valence-electron chi connectivity index (χ4n) is 2.17. The average molecular weight is 209 g/mol. The standard InChI is InChI=1S/C10H19N5/c1-9-6-10(11)2-3-15(9)5-4-14-7-12-13-8-14/h7-10H,2-6,11H2,1H3/t9-,10+/m1/s1. The van der Waals surface area contributed by atoms with Crippen molar-refractivity contribution >= 4 is 0 Å². The van der Waals surface area contributed by atoms with E-state index in [1.54, 1.807) is 12.7 Å². The summed E-state index contributed by atoms with van der Waals surface area (Å²) >= 11 is 0. The number of nitrogens with two attached hydrogens (primary N) is 1. The van der Waals surface area contributed by atoms with E-state index in [9.17, 15) is 0 Å². The zero-order valence-electron chi connectivity index (χ0n) is 9.21. The Morgan fingerprint density at radius 2 is 2.07 bits per heavy atom. The number of hydrogen-bond acceptors (Lipinski definition) is 4. The van der Waals surface area contributed by atoms with Crippen molar-refractivity contribution < 1.29 is 0 Å². The summed E-state index contributed by atoms with van der Waals surface area (Å²) < 4.78 is 2.02. The van der Waals surface area contributed by atoms with Crippen LogP contribution in [0.15, 0.2) is 12.7 Å². The normalized spacial score (nSPS) is 28.1. The van der Waals surface area contributed by atoms with Gasteiger partial charge in [0.15, 0.2) is 0 Å². The summed E-state index contributed by atoms with van der Waals surface area (Å²) in [4.78, 5) is 2.49. The van der Waals surface area contributed by atoms with Crippen LogP contribution in [0.4, 0.5) is 0 Å². The van der Waals surface area contributed by atoms with E-state index in [0.717, 1.165) is 32.5 Å². The first-order valence-corrected chi connectivity index (χ1v) is 5.58. The quantitative estimate of drug-likeness (QED) is 0.766. The molecular formula is C10H19N5. The lowest BCUT2D eigenvalue weighted by atomic mass is 9.99. The molecule has 0 aliphatic carbocycles. The van der Waals surface area contributed by atoms with Gasteiger partial charge in [0.1, 0.15) is 12.7 Å². The molecule has 1 aromatic rings. The van der Waals surface area contributed by atoms with Crippen LogP contribution in [0, 0.1) is 0 Å². The Morgan fingerprint density at radius 1 is 1.33 bits per heavy atom. The molecule has 1 aromatic heterocycles. The maximum atomic E-state index is 5.93. The van der Waals surface area contributed by atoms with Crippen molar-refractivity contribution in [2.24, 2.45) is 5.73 Å². The van der Waals surface area contributed by atoms with Crippen LogP contribution < -0.4 is 5.73 Å². The molecule has 2 heterocycles. The van der Waals surface area contributed by atoms with Gasteiger partial charge in [0.2, 0.25) is 0 Å². The van der Waals surface area contributed by atoms with Gasteiger partial charge in [0.05, 0.1) is 0 Å². The largest absolute Gasteiger partial charge is 0.328 e. The van der Waals surface area contributed by atoms with Crippen molar-refractivity contribution in [1.29, 1.82) is 0 Å². The van der Waals surface area contributed by atoms with Crippen LogP contribution >= 0.6 is 0 Å². The third kappa shape index (κ3) is 2.76. The van der Waals surface area contributed by atoms with E-state index < -0.39 is 0 Å². The van der Waals surface area contributed by atoms with Crippen molar-refractivity contribution in [3.63, 3.8) is 0 Å². The van der Waals surface area contributed by atoms with Crippen LogP contribution in [-0.4, -0.2) is 44.8 Å². The maximum absolute atomic E-state index is 5.93. The molecule has 0 radical (unpaired) electrons. The predicted octanol–water partition coefficient (Wildman–Crippen LogP) is 0.0897. The van der Waals surface area contributed by atoms with Crippen LogP contribution in [-0.2, 0) is 6.54 Å². The van der Waals surface area contributed by atoms with Crippen LogP contribution in [0.3, 0.4) is 0 Å². The summed E-state index contributed by atoms with van der Waals surface area (Å²) in [5.41, 5.74) is 5.93. The molecule has 1 aliphatic rings. The van der Waals surface area contributed by atoms with Crippen LogP contribution in [0.1, 0.15) is 19.8 Å². The zero-order valence-corrected chi connectivity index (χ0v) is 9.21. The van der Waals surface area contributed by atoms with Gasteiger partial charge in [-0.05, 0) is 26.3 Å². The minimum absolute atomic E-state index is 0.395. The lowest BCUT2D eigenvalue weighted by Crippen LogP contribution is -2.46. The summed E-state index contributed by atoms with van der Waals surface area (Å²) in [5, 5.41) is 7.58. The summed E-state index contributed by atoms with van der Waals surface area (Å²) in [6.07, 6.45) is 5.76. The first-order valence-electron chi connectivity index (χ1n) is 5.58. The number of likely N-dealkylation sites (tertiary alicyclic amines) is 1. The van der Waals surface area contributed by atoms with E-state index in [1.165, 1.54) is 0 Å².